The zero-order valence-corrected chi connectivity index (χ0v) is 13.8. The minimum Gasteiger partial charge on any atom is -0.422 e. The Hall–Kier alpha value is -0.673. The van der Waals surface area contributed by atoms with Crippen molar-refractivity contribution >= 4 is 10.5 Å². The van der Waals surface area contributed by atoms with E-state index < -0.39 is 0 Å². The van der Waals surface area contributed by atoms with Gasteiger partial charge in [-0.1, -0.05) is 32.4 Å². The summed E-state index contributed by atoms with van der Waals surface area (Å²) in [5.74, 6) is -0.133. The Bertz CT molecular complexity index is 342. The third kappa shape index (κ3) is 4.54. The van der Waals surface area contributed by atoms with Crippen molar-refractivity contribution in [2.45, 2.75) is 58.0 Å². The summed E-state index contributed by atoms with van der Waals surface area (Å²) in [5, 5.41) is 0. The maximum Gasteiger partial charge on any atom is 0.146 e. The van der Waals surface area contributed by atoms with Gasteiger partial charge in [-0.3, -0.25) is 0 Å². The largest absolute Gasteiger partial charge is 0.422 e. The number of hydrogen-bond donors (Lipinski definition) is 0. The van der Waals surface area contributed by atoms with E-state index >= 15 is 0 Å². The van der Waals surface area contributed by atoms with Crippen molar-refractivity contribution in [3.8, 4) is 0 Å². The minimum atomic E-state index is -0.133. The lowest BCUT2D eigenvalue weighted by Crippen LogP contribution is -2.30. The predicted molar refractivity (Wildman–Crippen MR) is 78.3 cm³/mol. The number of rotatable bonds is 8. The Morgan fingerprint density at radius 2 is 1.94 bits per heavy atom. The van der Waals surface area contributed by atoms with E-state index in [1.807, 2.05) is 6.07 Å². The molecule has 1 aromatic carbocycles. The van der Waals surface area contributed by atoms with Crippen molar-refractivity contribution in [1.82, 2.24) is 0 Å². The van der Waals surface area contributed by atoms with E-state index in [0.717, 1.165) is 54.6 Å². The second-order valence-corrected chi connectivity index (χ2v) is 5.34. The Morgan fingerprint density at radius 3 is 2.50 bits per heavy atom. The van der Waals surface area contributed by atoms with Crippen LogP contribution >= 0.6 is 0 Å². The smallest absolute Gasteiger partial charge is 0.146 e. The minimum absolute atomic E-state index is 0.105. The van der Waals surface area contributed by atoms with Crippen LogP contribution in [0.3, 0.4) is 0 Å². The van der Waals surface area contributed by atoms with Gasteiger partial charge in [0.05, 0.1) is 5.60 Å². The standard InChI is InChI=1S/C15H25FOSi/c1-3-15(4-2,17-18)11-6-5-8-13-9-7-10-14(16)12-13/h7,9-10,12H,3-6,8,11H2,1-2,18H3. The molecule has 0 saturated heterocycles. The molecule has 3 heteroatoms. The van der Waals surface area contributed by atoms with Gasteiger partial charge in [0, 0.05) is 0 Å². The molecule has 102 valence electrons. The molecule has 18 heavy (non-hydrogen) atoms. The maximum absolute atomic E-state index is 13.0. The molecule has 0 heterocycles. The highest BCUT2D eigenvalue weighted by Crippen LogP contribution is 2.26. The van der Waals surface area contributed by atoms with Crippen molar-refractivity contribution in [3.05, 3.63) is 35.6 Å². The molecule has 0 unspecified atom stereocenters. The van der Waals surface area contributed by atoms with Gasteiger partial charge < -0.3 is 4.43 Å². The molecule has 0 amide bonds. The molecular weight excluding hydrogens is 243 g/mol. The first-order valence-electron chi connectivity index (χ1n) is 6.95. The van der Waals surface area contributed by atoms with E-state index in [0.29, 0.717) is 0 Å². The number of unbranched alkanes of at least 4 members (excludes halogenated alkanes) is 1. The van der Waals surface area contributed by atoms with Gasteiger partial charge in [-0.15, -0.1) is 0 Å². The highest BCUT2D eigenvalue weighted by atomic mass is 28.2. The first-order chi connectivity index (χ1) is 8.65. The Morgan fingerprint density at radius 1 is 1.22 bits per heavy atom. The number of benzene rings is 1. The molecule has 0 aliphatic carbocycles. The number of halogens is 1. The topological polar surface area (TPSA) is 9.23 Å². The molecule has 0 radical (unpaired) electrons. The van der Waals surface area contributed by atoms with Crippen LogP contribution in [0.5, 0.6) is 0 Å². The average molecular weight is 268 g/mol. The van der Waals surface area contributed by atoms with Crippen molar-refractivity contribution in [1.29, 1.82) is 0 Å². The van der Waals surface area contributed by atoms with Crippen LogP contribution in [0, 0.1) is 5.82 Å². The van der Waals surface area contributed by atoms with Crippen molar-refractivity contribution < 1.29 is 8.82 Å². The quantitative estimate of drug-likeness (QED) is 0.519. The molecule has 0 N–H and O–H groups in total. The number of hydrogen-bond acceptors (Lipinski definition) is 1. The molecule has 1 nitrogen and oxygen atoms in total. The summed E-state index contributed by atoms with van der Waals surface area (Å²) in [7, 11) is 0.809. The molecule has 0 spiro atoms. The van der Waals surface area contributed by atoms with Crippen molar-refractivity contribution in [3.63, 3.8) is 0 Å². The zero-order chi connectivity index (χ0) is 13.4. The zero-order valence-electron chi connectivity index (χ0n) is 11.8. The second-order valence-electron chi connectivity index (χ2n) is 4.93. The molecule has 0 saturated carbocycles. The fourth-order valence-electron chi connectivity index (χ4n) is 2.46. The summed E-state index contributed by atoms with van der Waals surface area (Å²) in [4.78, 5) is 0. The van der Waals surface area contributed by atoms with Crippen LogP contribution in [-0.2, 0) is 10.8 Å². The first-order valence-corrected chi connectivity index (χ1v) is 7.77. The fourth-order valence-corrected chi connectivity index (χ4v) is 3.24. The van der Waals surface area contributed by atoms with Gasteiger partial charge in [-0.05, 0) is 49.8 Å². The van der Waals surface area contributed by atoms with Crippen LogP contribution in [0.25, 0.3) is 0 Å². The van der Waals surface area contributed by atoms with Crippen LogP contribution in [0.2, 0.25) is 0 Å². The lowest BCUT2D eigenvalue weighted by Gasteiger charge is -2.31. The molecule has 1 rings (SSSR count). The molecule has 0 aromatic heterocycles. The van der Waals surface area contributed by atoms with E-state index in [9.17, 15) is 4.39 Å². The molecule has 0 atom stereocenters. The number of aryl methyl sites for hydroxylation is 1. The first kappa shape index (κ1) is 15.4. The molecule has 0 bridgehead atoms. The van der Waals surface area contributed by atoms with Crippen molar-refractivity contribution in [2.75, 3.05) is 0 Å². The summed E-state index contributed by atoms with van der Waals surface area (Å²) >= 11 is 0. The third-order valence-electron chi connectivity index (χ3n) is 3.96. The van der Waals surface area contributed by atoms with Gasteiger partial charge in [0.25, 0.3) is 0 Å². The Labute approximate surface area is 113 Å². The Kier molecular flexibility index (Phi) is 6.58. The summed E-state index contributed by atoms with van der Waals surface area (Å²) in [6.45, 7) is 4.40. The van der Waals surface area contributed by atoms with Gasteiger partial charge in [0.15, 0.2) is 0 Å². The van der Waals surface area contributed by atoms with E-state index in [1.54, 1.807) is 12.1 Å². The van der Waals surface area contributed by atoms with Gasteiger partial charge >= 0.3 is 0 Å². The second kappa shape index (κ2) is 7.69. The van der Waals surface area contributed by atoms with E-state index in [1.165, 1.54) is 6.07 Å². The molecule has 0 aliphatic rings. The van der Waals surface area contributed by atoms with Gasteiger partial charge in [0.2, 0.25) is 0 Å². The van der Waals surface area contributed by atoms with Crippen LogP contribution in [-0.4, -0.2) is 16.1 Å². The highest BCUT2D eigenvalue weighted by molar-refractivity contribution is 5.98. The average Bonchev–Trinajstić information content (AvgIpc) is 2.40. The van der Waals surface area contributed by atoms with E-state index in [2.05, 4.69) is 13.8 Å². The lowest BCUT2D eigenvalue weighted by molar-refractivity contribution is 0.0585. The molecule has 0 fully saturated rings. The van der Waals surface area contributed by atoms with Gasteiger partial charge in [0.1, 0.15) is 16.3 Å². The summed E-state index contributed by atoms with van der Waals surface area (Å²) < 4.78 is 18.8. The predicted octanol–water partition coefficient (Wildman–Crippen LogP) is 3.39. The highest BCUT2D eigenvalue weighted by Gasteiger charge is 2.23. The maximum atomic E-state index is 13.0. The normalized spacial score (nSPS) is 11.9. The summed E-state index contributed by atoms with van der Waals surface area (Å²) in [6, 6.07) is 6.92. The molecule has 1 aromatic rings. The van der Waals surface area contributed by atoms with Crippen LogP contribution in [0.4, 0.5) is 4.39 Å². The van der Waals surface area contributed by atoms with Crippen LogP contribution in [0.15, 0.2) is 24.3 Å². The summed E-state index contributed by atoms with van der Waals surface area (Å²) in [5.41, 5.74) is 1.20. The molecule has 0 aliphatic heterocycles. The van der Waals surface area contributed by atoms with Gasteiger partial charge in [-0.2, -0.15) is 0 Å². The van der Waals surface area contributed by atoms with E-state index in [4.69, 9.17) is 4.43 Å². The fraction of sp³-hybridized carbons (Fsp3) is 0.600. The third-order valence-corrected chi connectivity index (χ3v) is 4.82. The lowest BCUT2D eigenvalue weighted by atomic mass is 9.90. The Balaban J connectivity index is 2.34. The SMILES string of the molecule is CCC(CC)(CCCCc1cccc(F)c1)O[SiH3]. The van der Waals surface area contributed by atoms with Crippen LogP contribution < -0.4 is 0 Å². The van der Waals surface area contributed by atoms with E-state index in [-0.39, 0.29) is 11.4 Å². The monoisotopic (exact) mass is 268 g/mol. The summed E-state index contributed by atoms with van der Waals surface area (Å²) in [6.07, 6.45) is 6.53. The van der Waals surface area contributed by atoms with Crippen molar-refractivity contribution in [2.24, 2.45) is 0 Å². The van der Waals surface area contributed by atoms with Gasteiger partial charge in [-0.25, -0.2) is 4.39 Å². The van der Waals surface area contributed by atoms with Crippen LogP contribution in [0.1, 0.15) is 51.5 Å². The molecular formula is C15H25FOSi.